The number of nitrogens with zero attached hydrogens (tertiary/aromatic N) is 2. The van der Waals surface area contributed by atoms with Crippen LogP contribution in [0, 0.1) is 13.8 Å². The van der Waals surface area contributed by atoms with Gasteiger partial charge in [0.1, 0.15) is 23.7 Å². The predicted molar refractivity (Wildman–Crippen MR) is 185 cm³/mol. The maximum atomic E-state index is 14.0. The topological polar surface area (TPSA) is 77.5 Å². The van der Waals surface area contributed by atoms with E-state index in [9.17, 15) is 9.59 Å². The summed E-state index contributed by atoms with van der Waals surface area (Å²) in [6.07, 6.45) is 1.50. The minimum atomic E-state index is -0.603. The number of methoxy groups -OCH3 is 3. The molecule has 0 spiro atoms. The predicted octanol–water partition coefficient (Wildman–Crippen LogP) is 7.96. The number of aryl methyl sites for hydroxylation is 2. The Hall–Kier alpha value is -4.57. The minimum Gasteiger partial charge on any atom is -0.497 e. The van der Waals surface area contributed by atoms with Crippen LogP contribution >= 0.6 is 35.4 Å². The highest BCUT2D eigenvalue weighted by Gasteiger charge is 2.41. The van der Waals surface area contributed by atoms with E-state index in [4.69, 9.17) is 54.4 Å². The van der Waals surface area contributed by atoms with Gasteiger partial charge in [0.25, 0.3) is 11.8 Å². The second-order valence-electron chi connectivity index (χ2n) is 10.4. The summed E-state index contributed by atoms with van der Waals surface area (Å²) in [7, 11) is 4.67. The highest BCUT2D eigenvalue weighted by atomic mass is 35.5. The zero-order valence-electron chi connectivity index (χ0n) is 25.7. The lowest BCUT2D eigenvalue weighted by Crippen LogP contribution is -2.57. The summed E-state index contributed by atoms with van der Waals surface area (Å²) in [6.45, 7) is 3.88. The summed E-state index contributed by atoms with van der Waals surface area (Å²) in [5, 5.41) is 0.876. The number of hydrogen-bond donors (Lipinski definition) is 0. The Morgan fingerprint density at radius 1 is 0.696 bits per heavy atom. The van der Waals surface area contributed by atoms with Gasteiger partial charge < -0.3 is 18.9 Å². The standard InChI is InChI=1S/C35H30Cl2N2O6S/c1-20-6-9-24(17-28(20)36)38-33(40)27(34(41)39(35(38)46)25-10-7-21(2)29(37)18-25)14-22-8-12-31(32(15-22)44-5)45-19-23-16-26(42-3)11-13-30(23)43-4/h6-18H,19H2,1-5H3. The van der Waals surface area contributed by atoms with Gasteiger partial charge in [-0.05, 0) is 103 Å². The van der Waals surface area contributed by atoms with E-state index in [-0.39, 0.29) is 17.3 Å². The number of carbonyl (C=O) groups excluding carboxylic acids is 2. The van der Waals surface area contributed by atoms with Crippen LogP contribution < -0.4 is 28.7 Å². The maximum absolute atomic E-state index is 14.0. The highest BCUT2D eigenvalue weighted by molar-refractivity contribution is 7.81. The van der Waals surface area contributed by atoms with Gasteiger partial charge in [-0.3, -0.25) is 19.4 Å². The molecule has 5 rings (SSSR count). The van der Waals surface area contributed by atoms with E-state index in [1.165, 1.54) is 23.0 Å². The van der Waals surface area contributed by atoms with Crippen molar-refractivity contribution in [2.45, 2.75) is 20.5 Å². The third kappa shape index (κ3) is 6.53. The molecular weight excluding hydrogens is 647 g/mol. The van der Waals surface area contributed by atoms with Crippen LogP contribution in [-0.2, 0) is 16.2 Å². The Bertz CT molecular complexity index is 1820. The molecule has 236 valence electrons. The third-order valence-corrected chi connectivity index (χ3v) is 8.63. The lowest BCUT2D eigenvalue weighted by Gasteiger charge is -2.36. The van der Waals surface area contributed by atoms with Gasteiger partial charge in [-0.2, -0.15) is 0 Å². The molecule has 4 aromatic carbocycles. The van der Waals surface area contributed by atoms with Crippen molar-refractivity contribution in [1.29, 1.82) is 0 Å². The molecule has 8 nitrogen and oxygen atoms in total. The molecule has 0 bridgehead atoms. The number of carbonyl (C=O) groups is 2. The van der Waals surface area contributed by atoms with Gasteiger partial charge >= 0.3 is 0 Å². The average Bonchev–Trinajstić information content (AvgIpc) is 3.05. The van der Waals surface area contributed by atoms with E-state index in [2.05, 4.69) is 0 Å². The van der Waals surface area contributed by atoms with Crippen molar-refractivity contribution in [3.63, 3.8) is 0 Å². The third-order valence-electron chi connectivity index (χ3n) is 7.45. The van der Waals surface area contributed by atoms with E-state index in [1.54, 1.807) is 80.9 Å². The Balaban J connectivity index is 1.53. The van der Waals surface area contributed by atoms with Crippen molar-refractivity contribution in [2.24, 2.45) is 0 Å². The van der Waals surface area contributed by atoms with Gasteiger partial charge in [-0.25, -0.2) is 0 Å². The van der Waals surface area contributed by atoms with Crippen LogP contribution in [0.3, 0.4) is 0 Å². The second-order valence-corrected chi connectivity index (χ2v) is 11.5. The molecule has 0 aromatic heterocycles. The lowest BCUT2D eigenvalue weighted by atomic mass is 10.0. The van der Waals surface area contributed by atoms with Crippen LogP contribution in [0.5, 0.6) is 23.0 Å². The molecule has 1 aliphatic rings. The molecule has 46 heavy (non-hydrogen) atoms. The molecule has 0 N–H and O–H groups in total. The van der Waals surface area contributed by atoms with Crippen LogP contribution in [0.1, 0.15) is 22.3 Å². The summed E-state index contributed by atoms with van der Waals surface area (Å²) in [5.74, 6) is 0.948. The number of amides is 2. The number of benzene rings is 4. The van der Waals surface area contributed by atoms with Crippen LogP contribution in [0.25, 0.3) is 6.08 Å². The smallest absolute Gasteiger partial charge is 0.270 e. The fraction of sp³-hybridized carbons (Fsp3) is 0.171. The molecule has 1 fully saturated rings. The van der Waals surface area contributed by atoms with Gasteiger partial charge in [0, 0.05) is 15.6 Å². The van der Waals surface area contributed by atoms with Gasteiger partial charge in [0.15, 0.2) is 16.6 Å². The fourth-order valence-corrected chi connectivity index (χ4v) is 5.56. The fourth-order valence-electron chi connectivity index (χ4n) is 4.84. The first-order valence-electron chi connectivity index (χ1n) is 14.0. The van der Waals surface area contributed by atoms with Crippen molar-refractivity contribution in [1.82, 2.24) is 0 Å². The molecule has 1 heterocycles. The minimum absolute atomic E-state index is 0.0266. The highest BCUT2D eigenvalue weighted by Crippen LogP contribution is 2.35. The lowest BCUT2D eigenvalue weighted by molar-refractivity contribution is -0.120. The monoisotopic (exact) mass is 676 g/mol. The van der Waals surface area contributed by atoms with Crippen molar-refractivity contribution in [3.8, 4) is 23.0 Å². The van der Waals surface area contributed by atoms with Gasteiger partial charge in [-0.1, -0.05) is 41.4 Å². The molecule has 1 aliphatic heterocycles. The van der Waals surface area contributed by atoms with E-state index < -0.39 is 11.8 Å². The molecular formula is C35H30Cl2N2O6S. The van der Waals surface area contributed by atoms with E-state index in [0.717, 1.165) is 16.7 Å². The summed E-state index contributed by atoms with van der Waals surface area (Å²) in [6, 6.07) is 20.8. The molecule has 0 aliphatic carbocycles. The normalized spacial score (nSPS) is 13.2. The number of halogens is 2. The van der Waals surface area contributed by atoms with Crippen LogP contribution in [0.2, 0.25) is 10.0 Å². The van der Waals surface area contributed by atoms with E-state index in [1.807, 2.05) is 19.9 Å². The average molecular weight is 678 g/mol. The first kappa shape index (κ1) is 32.8. The Labute approximate surface area is 282 Å². The zero-order valence-corrected chi connectivity index (χ0v) is 28.0. The summed E-state index contributed by atoms with van der Waals surface area (Å²) >= 11 is 18.6. The molecule has 2 amide bonds. The van der Waals surface area contributed by atoms with Gasteiger partial charge in [0.05, 0.1) is 32.7 Å². The Morgan fingerprint density at radius 2 is 1.26 bits per heavy atom. The van der Waals surface area contributed by atoms with E-state index in [0.29, 0.717) is 50.0 Å². The first-order chi connectivity index (χ1) is 22.1. The number of thiocarbonyl (C=S) groups is 1. The second kappa shape index (κ2) is 13.8. The zero-order chi connectivity index (χ0) is 33.1. The Kier molecular flexibility index (Phi) is 9.86. The molecule has 0 atom stereocenters. The first-order valence-corrected chi connectivity index (χ1v) is 15.2. The summed E-state index contributed by atoms with van der Waals surface area (Å²) in [4.78, 5) is 30.6. The summed E-state index contributed by atoms with van der Waals surface area (Å²) in [5.41, 5.74) is 3.67. The molecule has 0 unspecified atom stereocenters. The Morgan fingerprint density at radius 3 is 1.78 bits per heavy atom. The number of anilines is 2. The molecule has 1 saturated heterocycles. The van der Waals surface area contributed by atoms with Crippen molar-refractivity contribution in [3.05, 3.63) is 111 Å². The quantitative estimate of drug-likeness (QED) is 0.101. The van der Waals surface area contributed by atoms with E-state index >= 15 is 0 Å². The number of rotatable bonds is 9. The molecule has 4 aromatic rings. The van der Waals surface area contributed by atoms with Crippen LogP contribution in [-0.4, -0.2) is 38.3 Å². The van der Waals surface area contributed by atoms with Crippen LogP contribution in [0.4, 0.5) is 11.4 Å². The number of hydrogen-bond acceptors (Lipinski definition) is 7. The largest absolute Gasteiger partial charge is 0.497 e. The van der Waals surface area contributed by atoms with Gasteiger partial charge in [-0.15, -0.1) is 0 Å². The van der Waals surface area contributed by atoms with Crippen LogP contribution in [0.15, 0.2) is 78.4 Å². The van der Waals surface area contributed by atoms with Gasteiger partial charge in [0.2, 0.25) is 0 Å². The summed E-state index contributed by atoms with van der Waals surface area (Å²) < 4.78 is 22.5. The molecule has 11 heteroatoms. The SMILES string of the molecule is COc1ccc(OC)c(COc2ccc(C=C3C(=O)N(c4ccc(C)c(Cl)c4)C(=S)N(c4ccc(C)c(Cl)c4)C3=O)cc2OC)c1. The molecule has 0 radical (unpaired) electrons. The van der Waals surface area contributed by atoms with Crippen molar-refractivity contribution < 1.29 is 28.5 Å². The maximum Gasteiger partial charge on any atom is 0.270 e. The number of ether oxygens (including phenoxy) is 4. The molecule has 0 saturated carbocycles. The van der Waals surface area contributed by atoms with Crippen molar-refractivity contribution in [2.75, 3.05) is 31.1 Å². The van der Waals surface area contributed by atoms with Crippen molar-refractivity contribution >= 4 is 69.8 Å².